The predicted octanol–water partition coefficient (Wildman–Crippen LogP) is 12.5. The summed E-state index contributed by atoms with van der Waals surface area (Å²) in [5, 5.41) is 4.73. The van der Waals surface area contributed by atoms with E-state index in [1.807, 2.05) is 84.1 Å². The minimum atomic E-state index is 0.625. The third-order valence-electron chi connectivity index (χ3n) is 9.36. The summed E-state index contributed by atoms with van der Waals surface area (Å²) in [6.07, 6.45) is 0. The van der Waals surface area contributed by atoms with Crippen molar-refractivity contribution >= 4 is 53.4 Å². The van der Waals surface area contributed by atoms with Gasteiger partial charge in [-0.2, -0.15) is 0 Å². The Labute approximate surface area is 292 Å². The molecular weight excluding hydrogens is 631 g/mol. The second-order valence-corrected chi connectivity index (χ2v) is 13.5. The van der Waals surface area contributed by atoms with Gasteiger partial charge in [0.05, 0.1) is 0 Å². The van der Waals surface area contributed by atoms with Gasteiger partial charge in [0, 0.05) is 47.6 Å². The molecule has 4 nitrogen and oxygen atoms in total. The molecule has 0 spiro atoms. The first-order valence-electron chi connectivity index (χ1n) is 16.6. The number of fused-ring (bicyclic) bond motifs is 6. The SMILES string of the molecule is c1ccc(-c2nc(-c3ccccc3)nc(-c3ccc(-c4cccc5sc6ccccc6c45)c(-c4ccc5oc6ccccc6c5c4)c3)n2)cc1. The summed E-state index contributed by atoms with van der Waals surface area (Å²) in [5.74, 6) is 1.90. The van der Waals surface area contributed by atoms with Crippen LogP contribution in [0, 0.1) is 0 Å². The van der Waals surface area contributed by atoms with E-state index in [0.717, 1.165) is 55.3 Å². The normalized spacial score (nSPS) is 11.6. The molecule has 0 amide bonds. The minimum Gasteiger partial charge on any atom is -0.456 e. The molecule has 0 radical (unpaired) electrons. The lowest BCUT2D eigenvalue weighted by molar-refractivity contribution is 0.669. The summed E-state index contributed by atoms with van der Waals surface area (Å²) < 4.78 is 8.79. The van der Waals surface area contributed by atoms with Crippen molar-refractivity contribution in [1.29, 1.82) is 0 Å². The van der Waals surface area contributed by atoms with Crippen LogP contribution in [0.25, 0.3) is 98.5 Å². The average Bonchev–Trinajstić information content (AvgIpc) is 3.76. The first kappa shape index (κ1) is 28.6. The van der Waals surface area contributed by atoms with Crippen LogP contribution in [0.4, 0.5) is 0 Å². The number of thiophene rings is 1. The fraction of sp³-hybridized carbons (Fsp3) is 0. The van der Waals surface area contributed by atoms with E-state index in [0.29, 0.717) is 17.5 Å². The Balaban J connectivity index is 1.24. The molecule has 0 N–H and O–H groups in total. The lowest BCUT2D eigenvalue weighted by atomic mass is 9.90. The van der Waals surface area contributed by atoms with Crippen LogP contribution >= 0.6 is 11.3 Å². The molecule has 0 saturated heterocycles. The first-order valence-corrected chi connectivity index (χ1v) is 17.4. The van der Waals surface area contributed by atoms with Gasteiger partial charge in [-0.1, -0.05) is 127 Å². The number of aromatic nitrogens is 3. The monoisotopic (exact) mass is 657 g/mol. The Morgan fingerprint density at radius 2 is 0.960 bits per heavy atom. The first-order chi connectivity index (χ1) is 24.8. The van der Waals surface area contributed by atoms with E-state index in [4.69, 9.17) is 19.4 Å². The molecule has 0 aliphatic heterocycles. The Morgan fingerprint density at radius 3 is 1.72 bits per heavy atom. The van der Waals surface area contributed by atoms with E-state index in [1.54, 1.807) is 0 Å². The lowest BCUT2D eigenvalue weighted by Crippen LogP contribution is -2.00. The molecule has 10 aromatic rings. The molecule has 0 unspecified atom stereocenters. The van der Waals surface area contributed by atoms with E-state index in [-0.39, 0.29) is 0 Å². The number of furan rings is 1. The molecule has 50 heavy (non-hydrogen) atoms. The zero-order chi connectivity index (χ0) is 33.0. The molecule has 0 atom stereocenters. The topological polar surface area (TPSA) is 51.8 Å². The van der Waals surface area contributed by atoms with Crippen molar-refractivity contribution in [1.82, 2.24) is 15.0 Å². The van der Waals surface area contributed by atoms with Crippen LogP contribution in [0.5, 0.6) is 0 Å². The van der Waals surface area contributed by atoms with Crippen LogP contribution in [-0.4, -0.2) is 15.0 Å². The molecular formula is C45H27N3OS. The lowest BCUT2D eigenvalue weighted by Gasteiger charge is -2.15. The van der Waals surface area contributed by atoms with Gasteiger partial charge in [-0.05, 0) is 58.7 Å². The van der Waals surface area contributed by atoms with E-state index in [2.05, 4.69) is 91.0 Å². The van der Waals surface area contributed by atoms with Crippen LogP contribution in [0.1, 0.15) is 0 Å². The third-order valence-corrected chi connectivity index (χ3v) is 10.5. The highest BCUT2D eigenvalue weighted by Crippen LogP contribution is 2.44. The molecule has 7 aromatic carbocycles. The molecule has 10 rings (SSSR count). The largest absolute Gasteiger partial charge is 0.456 e. The Hall–Kier alpha value is -6.43. The molecule has 0 saturated carbocycles. The number of hydrogen-bond donors (Lipinski definition) is 0. The van der Waals surface area contributed by atoms with Crippen molar-refractivity contribution in [2.45, 2.75) is 0 Å². The van der Waals surface area contributed by atoms with Crippen molar-refractivity contribution in [3.8, 4) is 56.4 Å². The Kier molecular flexibility index (Phi) is 6.64. The maximum atomic E-state index is 6.23. The number of benzene rings is 7. The highest BCUT2D eigenvalue weighted by Gasteiger charge is 2.19. The van der Waals surface area contributed by atoms with Crippen LogP contribution in [-0.2, 0) is 0 Å². The van der Waals surface area contributed by atoms with E-state index < -0.39 is 0 Å². The van der Waals surface area contributed by atoms with Crippen molar-refractivity contribution in [3.63, 3.8) is 0 Å². The molecule has 3 aromatic heterocycles. The van der Waals surface area contributed by atoms with Gasteiger partial charge in [0.15, 0.2) is 17.5 Å². The second-order valence-electron chi connectivity index (χ2n) is 12.4. The van der Waals surface area contributed by atoms with Gasteiger partial charge >= 0.3 is 0 Å². The Bertz CT molecular complexity index is 2820. The van der Waals surface area contributed by atoms with Crippen LogP contribution in [0.2, 0.25) is 0 Å². The summed E-state index contributed by atoms with van der Waals surface area (Å²) in [7, 11) is 0. The standard InChI is InChI=1S/C45H27N3OS/c1-3-12-28(13-4-1)43-46-44(29-14-5-2-6-15-29)48-45(47-43)31-22-24-32(34-18-11-21-41-42(34)35-17-8-10-20-40(35)50-41)36(27-31)30-23-25-39-37(26-30)33-16-7-9-19-38(33)49-39/h1-27H. The van der Waals surface area contributed by atoms with Gasteiger partial charge in [-0.15, -0.1) is 11.3 Å². The van der Waals surface area contributed by atoms with Crippen molar-refractivity contribution in [2.75, 3.05) is 0 Å². The molecule has 0 bridgehead atoms. The van der Waals surface area contributed by atoms with Crippen LogP contribution in [0.15, 0.2) is 168 Å². The van der Waals surface area contributed by atoms with Gasteiger partial charge in [0.2, 0.25) is 0 Å². The summed E-state index contributed by atoms with van der Waals surface area (Å²) in [4.78, 5) is 15.1. The molecule has 0 aliphatic carbocycles. The van der Waals surface area contributed by atoms with Crippen molar-refractivity contribution in [2.24, 2.45) is 0 Å². The minimum absolute atomic E-state index is 0.625. The van der Waals surface area contributed by atoms with E-state index in [1.165, 1.54) is 25.7 Å². The number of nitrogens with zero attached hydrogens (tertiary/aromatic N) is 3. The average molecular weight is 658 g/mol. The van der Waals surface area contributed by atoms with Gasteiger partial charge in [0.25, 0.3) is 0 Å². The third kappa shape index (κ3) is 4.79. The number of hydrogen-bond acceptors (Lipinski definition) is 5. The molecule has 0 aliphatic rings. The zero-order valence-corrected chi connectivity index (χ0v) is 27.6. The fourth-order valence-corrected chi connectivity index (χ4v) is 8.12. The van der Waals surface area contributed by atoms with E-state index in [9.17, 15) is 0 Å². The van der Waals surface area contributed by atoms with Gasteiger partial charge in [-0.3, -0.25) is 0 Å². The maximum Gasteiger partial charge on any atom is 0.164 e. The number of rotatable bonds is 5. The van der Waals surface area contributed by atoms with Gasteiger partial charge < -0.3 is 4.42 Å². The summed E-state index contributed by atoms with van der Waals surface area (Å²) in [5.41, 5.74) is 9.10. The fourth-order valence-electron chi connectivity index (χ4n) is 6.99. The smallest absolute Gasteiger partial charge is 0.164 e. The predicted molar refractivity (Wildman–Crippen MR) is 207 cm³/mol. The van der Waals surface area contributed by atoms with Crippen molar-refractivity contribution < 1.29 is 4.42 Å². The summed E-state index contributed by atoms with van der Waals surface area (Å²) in [6.45, 7) is 0. The van der Waals surface area contributed by atoms with Crippen LogP contribution in [0.3, 0.4) is 0 Å². The number of para-hydroxylation sites is 1. The molecule has 5 heteroatoms. The second kappa shape index (κ2) is 11.6. The van der Waals surface area contributed by atoms with Gasteiger partial charge in [-0.25, -0.2) is 15.0 Å². The van der Waals surface area contributed by atoms with E-state index >= 15 is 0 Å². The Morgan fingerprint density at radius 1 is 0.360 bits per heavy atom. The zero-order valence-electron chi connectivity index (χ0n) is 26.7. The molecule has 0 fully saturated rings. The highest BCUT2D eigenvalue weighted by atomic mass is 32.1. The summed E-state index contributed by atoms with van der Waals surface area (Å²) in [6, 6.07) is 56.9. The van der Waals surface area contributed by atoms with Crippen LogP contribution < -0.4 is 0 Å². The van der Waals surface area contributed by atoms with Gasteiger partial charge in [0.1, 0.15) is 11.2 Å². The highest BCUT2D eigenvalue weighted by molar-refractivity contribution is 7.25. The summed E-state index contributed by atoms with van der Waals surface area (Å²) >= 11 is 1.84. The maximum absolute atomic E-state index is 6.23. The molecule has 3 heterocycles. The van der Waals surface area contributed by atoms with Crippen molar-refractivity contribution in [3.05, 3.63) is 164 Å². The molecule has 234 valence electrons. The quantitative estimate of drug-likeness (QED) is 0.185.